The van der Waals surface area contributed by atoms with E-state index in [4.69, 9.17) is 0 Å². The number of aromatic nitrogens is 1. The van der Waals surface area contributed by atoms with Crippen LogP contribution in [0.25, 0.3) is 10.9 Å². The molecule has 1 aliphatic carbocycles. The smallest absolute Gasteiger partial charge is 0.257 e. The van der Waals surface area contributed by atoms with Gasteiger partial charge in [0.2, 0.25) is 11.7 Å². The Morgan fingerprint density at radius 1 is 1.24 bits per heavy atom. The van der Waals surface area contributed by atoms with Gasteiger partial charge >= 0.3 is 0 Å². The number of allylic oxidation sites excluding steroid dienone is 2. The molecule has 33 heavy (non-hydrogen) atoms. The van der Waals surface area contributed by atoms with Crippen molar-refractivity contribution < 1.29 is 19.5 Å². The molecule has 3 atom stereocenters. The number of piperazine rings is 1. The van der Waals surface area contributed by atoms with Gasteiger partial charge in [-0.25, -0.2) is 0 Å². The lowest BCUT2D eigenvalue weighted by atomic mass is 9.51. The van der Waals surface area contributed by atoms with Gasteiger partial charge in [0, 0.05) is 40.1 Å². The summed E-state index contributed by atoms with van der Waals surface area (Å²) in [6.45, 7) is 8.65. The van der Waals surface area contributed by atoms with E-state index < -0.39 is 16.5 Å². The quantitative estimate of drug-likeness (QED) is 0.486. The molecule has 7 nitrogen and oxygen atoms in total. The molecule has 2 bridgehead atoms. The largest absolute Gasteiger partial charge is 0.508 e. The van der Waals surface area contributed by atoms with E-state index in [0.29, 0.717) is 36.8 Å². The summed E-state index contributed by atoms with van der Waals surface area (Å²) in [6.07, 6.45) is 4.48. The minimum Gasteiger partial charge on any atom is -0.508 e. The second-order valence-corrected chi connectivity index (χ2v) is 11.0. The van der Waals surface area contributed by atoms with E-state index in [-0.39, 0.29) is 29.3 Å². The number of H-pyrrole nitrogens is 1. The number of phenolic OH excluding ortho intramolecular Hbond substituents is 1. The maximum Gasteiger partial charge on any atom is 0.257 e. The van der Waals surface area contributed by atoms with Crippen LogP contribution in [0.2, 0.25) is 0 Å². The number of benzene rings is 1. The lowest BCUT2D eigenvalue weighted by Gasteiger charge is -2.62. The monoisotopic (exact) mass is 447 g/mol. The van der Waals surface area contributed by atoms with E-state index in [1.54, 1.807) is 17.0 Å². The van der Waals surface area contributed by atoms with Crippen molar-refractivity contribution in [1.82, 2.24) is 15.2 Å². The van der Waals surface area contributed by atoms with Crippen molar-refractivity contribution in [2.45, 2.75) is 69.9 Å². The Hall–Kier alpha value is -3.09. The van der Waals surface area contributed by atoms with Crippen LogP contribution in [0.1, 0.15) is 68.6 Å². The van der Waals surface area contributed by atoms with Crippen molar-refractivity contribution >= 4 is 28.5 Å². The van der Waals surface area contributed by atoms with E-state index >= 15 is 0 Å². The molecule has 3 unspecified atom stereocenters. The average Bonchev–Trinajstić information content (AvgIpc) is 3.36. The zero-order chi connectivity index (χ0) is 23.5. The Morgan fingerprint density at radius 3 is 2.73 bits per heavy atom. The van der Waals surface area contributed by atoms with Crippen LogP contribution in [-0.4, -0.2) is 50.2 Å². The van der Waals surface area contributed by atoms with Crippen molar-refractivity contribution in [1.29, 1.82) is 0 Å². The number of phenols is 1. The molecule has 2 aromatic rings. The molecule has 7 heteroatoms. The zero-order valence-electron chi connectivity index (χ0n) is 19.5. The highest BCUT2D eigenvalue weighted by Crippen LogP contribution is 2.59. The first-order valence-electron chi connectivity index (χ1n) is 11.8. The lowest BCUT2D eigenvalue weighted by Crippen LogP contribution is -2.86. The van der Waals surface area contributed by atoms with Crippen LogP contribution in [0.15, 0.2) is 23.8 Å². The van der Waals surface area contributed by atoms with Crippen LogP contribution in [0.4, 0.5) is 0 Å². The Labute approximate surface area is 192 Å². The van der Waals surface area contributed by atoms with Gasteiger partial charge in [0.1, 0.15) is 11.3 Å². The number of hydrogen-bond acceptors (Lipinski definition) is 4. The van der Waals surface area contributed by atoms with Crippen molar-refractivity contribution in [3.8, 4) is 5.75 Å². The van der Waals surface area contributed by atoms with Crippen LogP contribution in [0.5, 0.6) is 5.75 Å². The Kier molecular flexibility index (Phi) is 3.77. The lowest BCUT2D eigenvalue weighted by molar-refractivity contribution is -0.174. The molecular formula is C26H29N3O4. The first kappa shape index (κ1) is 20.5. The molecule has 5 aliphatic rings. The number of rotatable bonds is 2. The number of nitrogens with zero attached hydrogens (tertiary/aromatic N) is 1. The Balaban J connectivity index is 1.63. The Morgan fingerprint density at radius 2 is 2.00 bits per heavy atom. The normalized spacial score (nSPS) is 31.3. The fraction of sp³-hybridized carbons (Fsp3) is 0.500. The van der Waals surface area contributed by atoms with Crippen LogP contribution < -0.4 is 5.32 Å². The summed E-state index contributed by atoms with van der Waals surface area (Å²) in [7, 11) is 0. The van der Waals surface area contributed by atoms with Gasteiger partial charge in [-0.15, -0.1) is 0 Å². The third kappa shape index (κ3) is 2.18. The number of nitrogens with one attached hydrogen (secondary N) is 2. The SMILES string of the molecule is CC(C)=CCc1c(O)ccc2c3c([nH]c12)C(C)(C)C1CC24CCCN2C(=O)C1(NC4=O)C3=O. The summed E-state index contributed by atoms with van der Waals surface area (Å²) in [5.74, 6) is -0.940. The molecule has 0 radical (unpaired) electrons. The highest BCUT2D eigenvalue weighted by Gasteiger charge is 2.76. The van der Waals surface area contributed by atoms with Crippen LogP contribution in [-0.2, 0) is 21.4 Å². The maximum absolute atomic E-state index is 14.2. The minimum atomic E-state index is -1.56. The highest BCUT2D eigenvalue weighted by molar-refractivity contribution is 6.28. The molecule has 4 fully saturated rings. The number of carbonyl (C=O) groups is 3. The van der Waals surface area contributed by atoms with Gasteiger partial charge in [-0.3, -0.25) is 14.4 Å². The van der Waals surface area contributed by atoms with E-state index in [2.05, 4.69) is 24.1 Å². The number of amides is 2. The number of piperidine rings is 2. The fourth-order valence-electron chi connectivity index (χ4n) is 7.03. The van der Waals surface area contributed by atoms with E-state index in [0.717, 1.165) is 28.8 Å². The molecule has 3 N–H and O–H groups in total. The third-order valence-corrected chi connectivity index (χ3v) is 8.74. The van der Waals surface area contributed by atoms with E-state index in [1.807, 2.05) is 19.9 Å². The summed E-state index contributed by atoms with van der Waals surface area (Å²) in [6, 6.07) is 3.36. The van der Waals surface area contributed by atoms with Crippen LogP contribution in [0, 0.1) is 5.92 Å². The van der Waals surface area contributed by atoms with Gasteiger partial charge < -0.3 is 20.3 Å². The minimum absolute atomic E-state index is 0.171. The second-order valence-electron chi connectivity index (χ2n) is 11.0. The number of aromatic amines is 1. The summed E-state index contributed by atoms with van der Waals surface area (Å²) in [5.41, 5.74) is 0.881. The fourth-order valence-corrected chi connectivity index (χ4v) is 7.03. The predicted octanol–water partition coefficient (Wildman–Crippen LogP) is 3.11. The maximum atomic E-state index is 14.2. The van der Waals surface area contributed by atoms with Crippen molar-refractivity contribution in [3.05, 3.63) is 40.6 Å². The van der Waals surface area contributed by atoms with Gasteiger partial charge in [-0.05, 0) is 51.7 Å². The number of ketones is 1. The topological polar surface area (TPSA) is 102 Å². The molecule has 1 aromatic carbocycles. The summed E-state index contributed by atoms with van der Waals surface area (Å²) < 4.78 is 0. The average molecular weight is 448 g/mol. The molecule has 5 heterocycles. The first-order valence-corrected chi connectivity index (χ1v) is 11.8. The molecule has 4 saturated heterocycles. The van der Waals surface area contributed by atoms with Crippen LogP contribution >= 0.6 is 0 Å². The molecule has 2 spiro atoms. The van der Waals surface area contributed by atoms with E-state index in [1.165, 1.54) is 0 Å². The summed E-state index contributed by atoms with van der Waals surface area (Å²) in [5, 5.41) is 14.3. The van der Waals surface area contributed by atoms with Gasteiger partial charge in [-0.2, -0.15) is 0 Å². The number of aromatic hydroxyl groups is 1. The van der Waals surface area contributed by atoms with Crippen LogP contribution in [0.3, 0.4) is 0 Å². The Bertz CT molecular complexity index is 1310. The van der Waals surface area contributed by atoms with Crippen molar-refractivity contribution in [3.63, 3.8) is 0 Å². The number of Topliss-reactive ketones (excluding diaryl/α,β-unsaturated/α-hetero) is 1. The standard InChI is InChI=1S/C26H29N3O4/c1-13(2)6-7-14-16(30)9-8-15-18-20(27-19(14)15)24(3,4)17-12-25-10-5-11-29(25)23(33)26(17,21(18)31)28-22(25)32/h6,8-9,17,27,30H,5,7,10-12H2,1-4H3,(H,28,32). The molecule has 7 rings (SSSR count). The molecule has 1 aromatic heterocycles. The summed E-state index contributed by atoms with van der Waals surface area (Å²) >= 11 is 0. The zero-order valence-corrected chi connectivity index (χ0v) is 19.5. The molecule has 4 aliphatic heterocycles. The number of carbonyl (C=O) groups excluding carboxylic acids is 3. The number of hydrogen-bond donors (Lipinski definition) is 3. The molecule has 172 valence electrons. The van der Waals surface area contributed by atoms with Gasteiger partial charge in [0.25, 0.3) is 5.91 Å². The summed E-state index contributed by atoms with van der Waals surface area (Å²) in [4.78, 5) is 46.5. The first-order chi connectivity index (χ1) is 15.6. The molecule has 0 saturated carbocycles. The van der Waals surface area contributed by atoms with Gasteiger partial charge in [0.15, 0.2) is 5.54 Å². The van der Waals surface area contributed by atoms with Crippen molar-refractivity contribution in [2.75, 3.05) is 6.54 Å². The molecular weight excluding hydrogens is 418 g/mol. The van der Waals surface area contributed by atoms with Gasteiger partial charge in [-0.1, -0.05) is 25.5 Å². The van der Waals surface area contributed by atoms with Crippen molar-refractivity contribution in [2.24, 2.45) is 5.92 Å². The highest BCUT2D eigenvalue weighted by atomic mass is 16.3. The third-order valence-electron chi connectivity index (χ3n) is 8.74. The van der Waals surface area contributed by atoms with Gasteiger partial charge in [0.05, 0.1) is 5.52 Å². The number of fused-ring (bicyclic) bond motifs is 4. The predicted molar refractivity (Wildman–Crippen MR) is 123 cm³/mol. The van der Waals surface area contributed by atoms with E-state index in [9.17, 15) is 19.5 Å². The second kappa shape index (κ2) is 6.07. The molecule has 2 amide bonds.